The van der Waals surface area contributed by atoms with Gasteiger partial charge in [-0.3, -0.25) is 0 Å². The quantitative estimate of drug-likeness (QED) is 0.629. The molecule has 0 saturated carbocycles. The van der Waals surface area contributed by atoms with Crippen LogP contribution < -0.4 is 16.0 Å². The summed E-state index contributed by atoms with van der Waals surface area (Å²) in [6.45, 7) is 8.78. The third kappa shape index (κ3) is 4.60. The largest absolute Gasteiger partial charge is 0.370 e. The molecule has 0 amide bonds. The van der Waals surface area contributed by atoms with Gasteiger partial charge < -0.3 is 20.9 Å². The Labute approximate surface area is 127 Å². The Morgan fingerprint density at radius 2 is 2.10 bits per heavy atom. The fraction of sp³-hybridized carbons (Fsp3) is 0.600. The Balaban J connectivity index is 2.06. The molecule has 0 bridgehead atoms. The molecule has 0 aliphatic carbocycles. The van der Waals surface area contributed by atoms with E-state index in [-0.39, 0.29) is 0 Å². The van der Waals surface area contributed by atoms with E-state index in [1.807, 2.05) is 26.1 Å². The van der Waals surface area contributed by atoms with Crippen molar-refractivity contribution in [2.75, 3.05) is 38.1 Å². The highest BCUT2D eigenvalue weighted by atomic mass is 15.3. The fourth-order valence-corrected chi connectivity index (χ4v) is 2.37. The lowest BCUT2D eigenvalue weighted by molar-refractivity contribution is 0.312. The van der Waals surface area contributed by atoms with Gasteiger partial charge >= 0.3 is 0 Å². The van der Waals surface area contributed by atoms with Gasteiger partial charge in [0.05, 0.1) is 6.54 Å². The number of nitrogens with two attached hydrogens (primary N) is 1. The summed E-state index contributed by atoms with van der Waals surface area (Å²) in [4.78, 5) is 13.6. The van der Waals surface area contributed by atoms with Crippen molar-refractivity contribution in [3.05, 3.63) is 23.9 Å². The summed E-state index contributed by atoms with van der Waals surface area (Å²) in [5.74, 6) is 1.52. The third-order valence-corrected chi connectivity index (χ3v) is 3.53. The monoisotopic (exact) mass is 290 g/mol. The molecule has 116 valence electrons. The second kappa shape index (κ2) is 7.26. The second-order valence-electron chi connectivity index (χ2n) is 5.78. The van der Waals surface area contributed by atoms with Crippen LogP contribution in [0.15, 0.2) is 23.3 Å². The number of likely N-dealkylation sites (N-methyl/N-ethyl adjacent to an activating group) is 1. The number of aliphatic imine (C=N–C) groups is 1. The summed E-state index contributed by atoms with van der Waals surface area (Å²) in [5, 5.41) is 3.10. The van der Waals surface area contributed by atoms with Crippen LogP contribution in [0.1, 0.15) is 19.4 Å². The van der Waals surface area contributed by atoms with Gasteiger partial charge in [0.1, 0.15) is 5.82 Å². The second-order valence-corrected chi connectivity index (χ2v) is 5.78. The number of pyridine rings is 1. The van der Waals surface area contributed by atoms with E-state index in [0.717, 1.165) is 37.6 Å². The van der Waals surface area contributed by atoms with E-state index in [4.69, 9.17) is 5.73 Å². The van der Waals surface area contributed by atoms with Crippen LogP contribution in [0, 0.1) is 0 Å². The third-order valence-electron chi connectivity index (χ3n) is 3.53. The van der Waals surface area contributed by atoms with Gasteiger partial charge in [0.25, 0.3) is 0 Å². The van der Waals surface area contributed by atoms with Crippen molar-refractivity contribution in [3.63, 3.8) is 0 Å². The van der Waals surface area contributed by atoms with Gasteiger partial charge in [0.15, 0.2) is 5.96 Å². The predicted molar refractivity (Wildman–Crippen MR) is 87.5 cm³/mol. The Bertz CT molecular complexity index is 477. The van der Waals surface area contributed by atoms with Crippen molar-refractivity contribution in [1.29, 1.82) is 0 Å². The minimum atomic E-state index is 0.291. The van der Waals surface area contributed by atoms with Gasteiger partial charge in [-0.1, -0.05) is 6.07 Å². The first kappa shape index (κ1) is 15.6. The van der Waals surface area contributed by atoms with Gasteiger partial charge in [0, 0.05) is 44.0 Å². The van der Waals surface area contributed by atoms with Crippen LogP contribution in [-0.2, 0) is 6.54 Å². The number of aromatic nitrogens is 1. The van der Waals surface area contributed by atoms with Crippen molar-refractivity contribution in [2.24, 2.45) is 10.7 Å². The topological polar surface area (TPSA) is 69.8 Å². The van der Waals surface area contributed by atoms with Gasteiger partial charge in [-0.15, -0.1) is 0 Å². The van der Waals surface area contributed by atoms with E-state index in [1.165, 1.54) is 0 Å². The van der Waals surface area contributed by atoms with Crippen LogP contribution >= 0.6 is 0 Å². The maximum absolute atomic E-state index is 5.87. The number of hydrogen-bond acceptors (Lipinski definition) is 4. The molecular formula is C15H26N6. The molecule has 0 spiro atoms. The van der Waals surface area contributed by atoms with Crippen molar-refractivity contribution in [3.8, 4) is 0 Å². The van der Waals surface area contributed by atoms with Crippen molar-refractivity contribution >= 4 is 11.8 Å². The van der Waals surface area contributed by atoms with Crippen LogP contribution in [0.5, 0.6) is 0 Å². The van der Waals surface area contributed by atoms with Crippen molar-refractivity contribution in [2.45, 2.75) is 26.4 Å². The molecule has 1 aliphatic heterocycles. The average molecular weight is 290 g/mol. The van der Waals surface area contributed by atoms with Crippen LogP contribution in [-0.4, -0.2) is 55.1 Å². The van der Waals surface area contributed by atoms with Crippen LogP contribution in [0.25, 0.3) is 0 Å². The van der Waals surface area contributed by atoms with Gasteiger partial charge in [0.2, 0.25) is 0 Å². The number of piperazine rings is 1. The van der Waals surface area contributed by atoms with Gasteiger partial charge in [-0.25, -0.2) is 9.98 Å². The molecule has 3 N–H and O–H groups in total. The summed E-state index contributed by atoms with van der Waals surface area (Å²) in [6, 6.07) is 4.32. The van der Waals surface area contributed by atoms with Crippen LogP contribution in [0.3, 0.4) is 0 Å². The lowest BCUT2D eigenvalue weighted by Crippen LogP contribution is -2.45. The predicted octanol–water partition coefficient (Wildman–Crippen LogP) is 0.646. The summed E-state index contributed by atoms with van der Waals surface area (Å²) >= 11 is 0. The highest BCUT2D eigenvalue weighted by Gasteiger charge is 2.17. The Morgan fingerprint density at radius 1 is 1.38 bits per heavy atom. The average Bonchev–Trinajstić information content (AvgIpc) is 2.46. The molecule has 2 rings (SSSR count). The first-order valence-corrected chi connectivity index (χ1v) is 7.50. The number of anilines is 1. The van der Waals surface area contributed by atoms with Crippen molar-refractivity contribution in [1.82, 2.24) is 15.2 Å². The molecule has 1 fully saturated rings. The molecule has 21 heavy (non-hydrogen) atoms. The molecule has 2 heterocycles. The first-order chi connectivity index (χ1) is 10.1. The SMILES string of the molecule is CC(C)NC(N)=NCc1cccnc1N1CCN(C)CC1. The van der Waals surface area contributed by atoms with E-state index in [0.29, 0.717) is 18.5 Å². The lowest BCUT2D eigenvalue weighted by Gasteiger charge is -2.34. The van der Waals surface area contributed by atoms with E-state index in [2.05, 4.69) is 38.2 Å². The summed E-state index contributed by atoms with van der Waals surface area (Å²) in [5.41, 5.74) is 6.99. The molecule has 1 aromatic heterocycles. The molecule has 6 nitrogen and oxygen atoms in total. The van der Waals surface area contributed by atoms with E-state index >= 15 is 0 Å². The standard InChI is InChI=1S/C15H26N6/c1-12(2)19-15(16)18-11-13-5-4-6-17-14(13)21-9-7-20(3)8-10-21/h4-6,12H,7-11H2,1-3H3,(H3,16,18,19). The Hall–Kier alpha value is -1.82. The molecule has 6 heteroatoms. The van der Waals surface area contributed by atoms with E-state index in [1.54, 1.807) is 0 Å². The highest BCUT2D eigenvalue weighted by Crippen LogP contribution is 2.19. The van der Waals surface area contributed by atoms with Crippen LogP contribution in [0.2, 0.25) is 0 Å². The summed E-state index contributed by atoms with van der Waals surface area (Å²) < 4.78 is 0. The summed E-state index contributed by atoms with van der Waals surface area (Å²) in [6.07, 6.45) is 1.84. The minimum absolute atomic E-state index is 0.291. The summed E-state index contributed by atoms with van der Waals surface area (Å²) in [7, 11) is 2.15. The first-order valence-electron chi connectivity index (χ1n) is 7.50. The minimum Gasteiger partial charge on any atom is -0.370 e. The molecule has 1 aliphatic rings. The zero-order chi connectivity index (χ0) is 15.2. The molecular weight excluding hydrogens is 264 g/mol. The zero-order valence-corrected chi connectivity index (χ0v) is 13.2. The van der Waals surface area contributed by atoms with E-state index < -0.39 is 0 Å². The molecule has 1 aromatic rings. The van der Waals surface area contributed by atoms with Gasteiger partial charge in [-0.05, 0) is 27.0 Å². The number of hydrogen-bond donors (Lipinski definition) is 2. The Morgan fingerprint density at radius 3 is 2.76 bits per heavy atom. The number of nitrogens with zero attached hydrogens (tertiary/aromatic N) is 4. The lowest BCUT2D eigenvalue weighted by atomic mass is 10.2. The molecule has 1 saturated heterocycles. The molecule has 0 atom stereocenters. The zero-order valence-electron chi connectivity index (χ0n) is 13.2. The fourth-order valence-electron chi connectivity index (χ4n) is 2.37. The maximum atomic E-state index is 5.87. The highest BCUT2D eigenvalue weighted by molar-refractivity contribution is 5.78. The number of guanidine groups is 1. The number of rotatable bonds is 4. The molecule has 0 radical (unpaired) electrons. The van der Waals surface area contributed by atoms with Crippen molar-refractivity contribution < 1.29 is 0 Å². The van der Waals surface area contributed by atoms with E-state index in [9.17, 15) is 0 Å². The molecule has 0 unspecified atom stereocenters. The Kier molecular flexibility index (Phi) is 5.38. The van der Waals surface area contributed by atoms with Gasteiger partial charge in [-0.2, -0.15) is 0 Å². The molecule has 0 aromatic carbocycles. The van der Waals surface area contributed by atoms with Crippen LogP contribution in [0.4, 0.5) is 5.82 Å². The normalized spacial score (nSPS) is 17.3. The maximum Gasteiger partial charge on any atom is 0.189 e. The number of nitrogens with one attached hydrogen (secondary N) is 1. The smallest absolute Gasteiger partial charge is 0.189 e.